The molecule has 0 aliphatic carbocycles. The molecule has 0 fully saturated rings. The maximum absolute atomic E-state index is 4.13. The van der Waals surface area contributed by atoms with E-state index in [9.17, 15) is 0 Å². The third-order valence-corrected chi connectivity index (χ3v) is 5.80. The largest absolute Gasteiger partial charge is 0.265 e. The molecule has 0 aliphatic heterocycles. The topological polar surface area (TPSA) is 12.9 Å². The van der Waals surface area contributed by atoms with E-state index in [1.165, 1.54) is 43.8 Å². The number of pyridine rings is 1. The highest BCUT2D eigenvalue weighted by molar-refractivity contribution is 6.13. The molecule has 1 radical (unpaired) electrons. The lowest BCUT2D eigenvalue weighted by Gasteiger charge is -2.13. The molecule has 139 valence electrons. The summed E-state index contributed by atoms with van der Waals surface area (Å²) in [5.74, 6) is 0. The first kappa shape index (κ1) is 16.9. The highest BCUT2D eigenvalue weighted by Crippen LogP contribution is 2.37. The number of rotatable bonds is 2. The average Bonchev–Trinajstić information content (AvgIpc) is 2.82. The summed E-state index contributed by atoms with van der Waals surface area (Å²) in [6, 6.07) is 38.2. The van der Waals surface area contributed by atoms with Gasteiger partial charge in [-0.2, -0.15) is 0 Å². The Balaban J connectivity index is 1.59. The van der Waals surface area contributed by atoms with Gasteiger partial charge in [0.25, 0.3) is 0 Å². The zero-order valence-corrected chi connectivity index (χ0v) is 16.3. The monoisotopic (exact) mass is 380 g/mol. The number of benzene rings is 5. The van der Waals surface area contributed by atoms with Crippen LogP contribution in [0.3, 0.4) is 0 Å². The first-order chi connectivity index (χ1) is 14.9. The van der Waals surface area contributed by atoms with E-state index in [0.29, 0.717) is 0 Å². The molecule has 0 amide bonds. The van der Waals surface area contributed by atoms with Crippen molar-refractivity contribution in [3.8, 4) is 22.3 Å². The van der Waals surface area contributed by atoms with Crippen LogP contribution in [0, 0.1) is 6.07 Å². The number of aromatic nitrogens is 1. The molecular formula is C29H18N. The summed E-state index contributed by atoms with van der Waals surface area (Å²) in [6.07, 6.45) is 3.68. The third-order valence-electron chi connectivity index (χ3n) is 5.80. The Kier molecular flexibility index (Phi) is 3.85. The minimum absolute atomic E-state index is 1.15. The van der Waals surface area contributed by atoms with Gasteiger partial charge in [-0.25, -0.2) is 0 Å². The molecule has 0 bridgehead atoms. The van der Waals surface area contributed by atoms with Crippen molar-refractivity contribution in [3.05, 3.63) is 116 Å². The van der Waals surface area contributed by atoms with E-state index in [4.69, 9.17) is 0 Å². The molecular weight excluding hydrogens is 362 g/mol. The summed E-state index contributed by atoms with van der Waals surface area (Å²) in [7, 11) is 0. The van der Waals surface area contributed by atoms with Gasteiger partial charge in [0.05, 0.1) is 0 Å². The lowest BCUT2D eigenvalue weighted by Crippen LogP contribution is -1.87. The Hall–Kier alpha value is -3.97. The van der Waals surface area contributed by atoms with E-state index in [1.807, 2.05) is 24.5 Å². The van der Waals surface area contributed by atoms with Crippen molar-refractivity contribution in [1.29, 1.82) is 0 Å². The minimum Gasteiger partial charge on any atom is -0.265 e. The fourth-order valence-corrected chi connectivity index (χ4v) is 4.35. The SMILES string of the molecule is [c]1c2ccccc2c(-c2ccc3cc(-c4ccncc4)ccc3c2)c2ccccc12. The van der Waals surface area contributed by atoms with E-state index >= 15 is 0 Å². The summed E-state index contributed by atoms with van der Waals surface area (Å²) in [6.45, 7) is 0. The first-order valence-corrected chi connectivity index (χ1v) is 10.1. The van der Waals surface area contributed by atoms with Crippen LogP contribution in [0.1, 0.15) is 0 Å². The summed E-state index contributed by atoms with van der Waals surface area (Å²) in [5, 5.41) is 7.27. The fraction of sp³-hybridized carbons (Fsp3) is 0. The predicted molar refractivity (Wildman–Crippen MR) is 126 cm³/mol. The van der Waals surface area contributed by atoms with Gasteiger partial charge in [-0.15, -0.1) is 0 Å². The van der Waals surface area contributed by atoms with Gasteiger partial charge in [-0.1, -0.05) is 72.8 Å². The molecule has 30 heavy (non-hydrogen) atoms. The van der Waals surface area contributed by atoms with E-state index in [1.54, 1.807) is 0 Å². The van der Waals surface area contributed by atoms with Crippen LogP contribution in [-0.2, 0) is 0 Å². The standard InChI is InChI=1S/C29H18N/c1-3-7-27-24(5-1)19-25-6-2-4-8-28(25)29(27)26-12-11-22-17-21(9-10-23(22)18-26)20-13-15-30-16-14-20/h1-18H. The van der Waals surface area contributed by atoms with Gasteiger partial charge < -0.3 is 0 Å². The van der Waals surface area contributed by atoms with Crippen LogP contribution in [0.25, 0.3) is 54.6 Å². The highest BCUT2D eigenvalue weighted by atomic mass is 14.6. The van der Waals surface area contributed by atoms with Gasteiger partial charge in [-0.05, 0) is 84.9 Å². The van der Waals surface area contributed by atoms with Crippen LogP contribution in [0.5, 0.6) is 0 Å². The molecule has 0 atom stereocenters. The van der Waals surface area contributed by atoms with Crippen LogP contribution >= 0.6 is 0 Å². The molecule has 6 aromatic rings. The molecule has 0 N–H and O–H groups in total. The van der Waals surface area contributed by atoms with Crippen LogP contribution < -0.4 is 0 Å². The van der Waals surface area contributed by atoms with E-state index in [2.05, 4.69) is 96.0 Å². The summed E-state index contributed by atoms with van der Waals surface area (Å²) in [4.78, 5) is 4.13. The number of fused-ring (bicyclic) bond motifs is 3. The Morgan fingerprint density at radius 2 is 1.07 bits per heavy atom. The molecule has 0 unspecified atom stereocenters. The quantitative estimate of drug-likeness (QED) is 0.281. The van der Waals surface area contributed by atoms with Crippen LogP contribution in [-0.4, -0.2) is 4.98 Å². The van der Waals surface area contributed by atoms with Gasteiger partial charge >= 0.3 is 0 Å². The number of nitrogens with zero attached hydrogens (tertiary/aromatic N) is 1. The van der Waals surface area contributed by atoms with Gasteiger partial charge in [0.15, 0.2) is 0 Å². The molecule has 0 aliphatic rings. The summed E-state index contributed by atoms with van der Waals surface area (Å²) < 4.78 is 0. The number of hydrogen-bond acceptors (Lipinski definition) is 1. The first-order valence-electron chi connectivity index (χ1n) is 10.1. The van der Waals surface area contributed by atoms with Gasteiger partial charge in [0, 0.05) is 12.4 Å². The lowest BCUT2D eigenvalue weighted by atomic mass is 9.90. The van der Waals surface area contributed by atoms with Gasteiger partial charge in [0.1, 0.15) is 0 Å². The van der Waals surface area contributed by atoms with E-state index < -0.39 is 0 Å². The second-order valence-corrected chi connectivity index (χ2v) is 7.60. The lowest BCUT2D eigenvalue weighted by molar-refractivity contribution is 1.33. The molecule has 6 rings (SSSR count). The van der Waals surface area contributed by atoms with Crippen LogP contribution in [0.15, 0.2) is 109 Å². The molecule has 5 aromatic carbocycles. The highest BCUT2D eigenvalue weighted by Gasteiger charge is 2.11. The van der Waals surface area contributed by atoms with Crippen LogP contribution in [0.4, 0.5) is 0 Å². The molecule has 1 nitrogen and oxygen atoms in total. The Morgan fingerprint density at radius 3 is 1.73 bits per heavy atom. The van der Waals surface area contributed by atoms with E-state index in [-0.39, 0.29) is 0 Å². The molecule has 1 aromatic heterocycles. The molecule has 0 saturated heterocycles. The Labute approximate surface area is 175 Å². The maximum atomic E-state index is 4.13. The molecule has 0 spiro atoms. The van der Waals surface area contributed by atoms with Crippen molar-refractivity contribution in [3.63, 3.8) is 0 Å². The summed E-state index contributed by atoms with van der Waals surface area (Å²) >= 11 is 0. The molecule has 1 heteroatoms. The van der Waals surface area contributed by atoms with Gasteiger partial charge in [0.2, 0.25) is 0 Å². The normalized spacial score (nSPS) is 11.3. The van der Waals surface area contributed by atoms with Crippen molar-refractivity contribution in [2.24, 2.45) is 0 Å². The molecule has 1 heterocycles. The van der Waals surface area contributed by atoms with E-state index in [0.717, 1.165) is 10.8 Å². The minimum atomic E-state index is 1.15. The smallest absolute Gasteiger partial charge is 0.0273 e. The fourth-order valence-electron chi connectivity index (χ4n) is 4.35. The number of hydrogen-bond donors (Lipinski definition) is 0. The third kappa shape index (κ3) is 2.75. The van der Waals surface area contributed by atoms with Crippen molar-refractivity contribution in [2.45, 2.75) is 0 Å². The average molecular weight is 380 g/mol. The zero-order chi connectivity index (χ0) is 19.9. The van der Waals surface area contributed by atoms with Crippen molar-refractivity contribution in [2.75, 3.05) is 0 Å². The van der Waals surface area contributed by atoms with Crippen molar-refractivity contribution in [1.82, 2.24) is 4.98 Å². The second-order valence-electron chi connectivity index (χ2n) is 7.60. The Bertz CT molecular complexity index is 1480. The zero-order valence-electron chi connectivity index (χ0n) is 16.3. The van der Waals surface area contributed by atoms with Gasteiger partial charge in [-0.3, -0.25) is 4.98 Å². The Morgan fingerprint density at radius 1 is 0.500 bits per heavy atom. The predicted octanol–water partition coefficient (Wildman–Crippen LogP) is 7.68. The second kappa shape index (κ2) is 6.82. The summed E-state index contributed by atoms with van der Waals surface area (Å²) in [5.41, 5.74) is 4.91. The molecule has 0 saturated carbocycles. The van der Waals surface area contributed by atoms with Crippen LogP contribution in [0.2, 0.25) is 0 Å². The maximum Gasteiger partial charge on any atom is 0.0273 e. The van der Waals surface area contributed by atoms with Crippen molar-refractivity contribution >= 4 is 32.3 Å². The van der Waals surface area contributed by atoms with Crippen molar-refractivity contribution < 1.29 is 0 Å².